The summed E-state index contributed by atoms with van der Waals surface area (Å²) < 4.78 is 0.993. The summed E-state index contributed by atoms with van der Waals surface area (Å²) in [7, 11) is 0. The highest BCUT2D eigenvalue weighted by Gasteiger charge is 2.12. The van der Waals surface area contributed by atoms with Crippen LogP contribution in [-0.4, -0.2) is 10.9 Å². The lowest BCUT2D eigenvalue weighted by atomic mass is 10.1. The first-order valence-corrected chi connectivity index (χ1v) is 7.54. The van der Waals surface area contributed by atoms with Gasteiger partial charge in [-0.05, 0) is 30.7 Å². The highest BCUT2D eigenvalue weighted by molar-refractivity contribution is 9.10. The van der Waals surface area contributed by atoms with Crippen LogP contribution in [0.5, 0.6) is 0 Å². The summed E-state index contributed by atoms with van der Waals surface area (Å²) in [6.45, 7) is 1.96. The van der Waals surface area contributed by atoms with Gasteiger partial charge in [0.25, 0.3) is 0 Å². The lowest BCUT2D eigenvalue weighted by Gasteiger charge is -2.06. The lowest BCUT2D eigenvalue weighted by Crippen LogP contribution is -2.14. The number of anilines is 1. The highest BCUT2D eigenvalue weighted by Crippen LogP contribution is 2.29. The van der Waals surface area contributed by atoms with E-state index in [1.54, 1.807) is 0 Å². The maximum absolute atomic E-state index is 12.2. The lowest BCUT2D eigenvalue weighted by molar-refractivity contribution is -0.115. The van der Waals surface area contributed by atoms with E-state index in [-0.39, 0.29) is 5.91 Å². The third-order valence-corrected chi connectivity index (χ3v) is 3.91. The number of aromatic nitrogens is 1. The van der Waals surface area contributed by atoms with Gasteiger partial charge in [0.2, 0.25) is 5.91 Å². The summed E-state index contributed by atoms with van der Waals surface area (Å²) in [6.07, 6.45) is 0.376. The number of fused-ring (bicyclic) bond motifs is 1. The Kier molecular flexibility index (Phi) is 3.80. The minimum absolute atomic E-state index is 0.00910. The molecule has 2 N–H and O–H groups in total. The molecule has 0 aliphatic carbocycles. The smallest absolute Gasteiger partial charge is 0.228 e. The molecule has 1 amide bonds. The van der Waals surface area contributed by atoms with Crippen molar-refractivity contribution in [1.29, 1.82) is 0 Å². The van der Waals surface area contributed by atoms with E-state index in [9.17, 15) is 4.79 Å². The number of H-pyrrole nitrogens is 1. The van der Waals surface area contributed by atoms with Crippen LogP contribution in [-0.2, 0) is 11.2 Å². The van der Waals surface area contributed by atoms with Gasteiger partial charge in [-0.25, -0.2) is 0 Å². The zero-order valence-electron chi connectivity index (χ0n) is 11.6. The van der Waals surface area contributed by atoms with Gasteiger partial charge in [0.1, 0.15) is 0 Å². The Morgan fingerprint density at radius 3 is 2.71 bits per heavy atom. The number of benzene rings is 2. The third-order valence-electron chi connectivity index (χ3n) is 3.42. The highest BCUT2D eigenvalue weighted by atomic mass is 79.9. The number of aryl methyl sites for hydroxylation is 1. The number of carbonyl (C=O) groups excluding carboxylic acids is 1. The molecular formula is C17H15BrN2O. The zero-order valence-corrected chi connectivity index (χ0v) is 13.2. The van der Waals surface area contributed by atoms with Gasteiger partial charge in [0.15, 0.2) is 0 Å². The number of aromatic amines is 1. The Hall–Kier alpha value is -2.07. The number of halogens is 1. The molecule has 0 unspecified atom stereocenters. The van der Waals surface area contributed by atoms with Crippen LogP contribution in [0, 0.1) is 6.92 Å². The van der Waals surface area contributed by atoms with Gasteiger partial charge in [0.05, 0.1) is 12.1 Å². The van der Waals surface area contributed by atoms with Crippen molar-refractivity contribution in [3.63, 3.8) is 0 Å². The average molecular weight is 343 g/mol. The SMILES string of the molecule is Cc1[nH]c2ccc(Br)cc2c1NC(=O)Cc1ccccc1. The molecule has 1 aromatic heterocycles. The van der Waals surface area contributed by atoms with E-state index >= 15 is 0 Å². The molecule has 0 aliphatic rings. The second-order valence-corrected chi connectivity index (χ2v) is 5.94. The van der Waals surface area contributed by atoms with Crippen LogP contribution in [0.2, 0.25) is 0 Å². The first-order valence-electron chi connectivity index (χ1n) is 6.75. The minimum Gasteiger partial charge on any atom is -0.357 e. The summed E-state index contributed by atoms with van der Waals surface area (Å²) >= 11 is 3.47. The maximum atomic E-state index is 12.2. The first kappa shape index (κ1) is 13.9. The van der Waals surface area contributed by atoms with E-state index < -0.39 is 0 Å². The zero-order chi connectivity index (χ0) is 14.8. The molecule has 0 saturated carbocycles. The van der Waals surface area contributed by atoms with Crippen molar-refractivity contribution < 1.29 is 4.79 Å². The normalized spacial score (nSPS) is 10.8. The topological polar surface area (TPSA) is 44.9 Å². The van der Waals surface area contributed by atoms with Gasteiger partial charge in [-0.15, -0.1) is 0 Å². The molecule has 0 spiro atoms. The van der Waals surface area contributed by atoms with Crippen LogP contribution in [0.1, 0.15) is 11.3 Å². The van der Waals surface area contributed by atoms with Crippen molar-refractivity contribution in [2.75, 3.05) is 5.32 Å². The first-order chi connectivity index (χ1) is 10.1. The molecule has 0 saturated heterocycles. The number of hydrogen-bond acceptors (Lipinski definition) is 1. The summed E-state index contributed by atoms with van der Waals surface area (Å²) in [4.78, 5) is 15.5. The fourth-order valence-electron chi connectivity index (χ4n) is 2.42. The minimum atomic E-state index is -0.00910. The van der Waals surface area contributed by atoms with E-state index in [0.29, 0.717) is 6.42 Å². The predicted molar refractivity (Wildman–Crippen MR) is 89.5 cm³/mol. The second-order valence-electron chi connectivity index (χ2n) is 5.03. The monoisotopic (exact) mass is 342 g/mol. The molecule has 2 aromatic carbocycles. The molecule has 3 aromatic rings. The summed E-state index contributed by atoms with van der Waals surface area (Å²) in [6, 6.07) is 15.7. The molecule has 1 heterocycles. The van der Waals surface area contributed by atoms with Gasteiger partial charge in [0, 0.05) is 21.1 Å². The summed E-state index contributed by atoms with van der Waals surface area (Å²) in [5.41, 5.74) is 3.84. The number of amides is 1. The Morgan fingerprint density at radius 2 is 1.95 bits per heavy atom. The van der Waals surface area contributed by atoms with Crippen LogP contribution in [0.4, 0.5) is 5.69 Å². The Bertz CT molecular complexity index is 793. The van der Waals surface area contributed by atoms with Gasteiger partial charge in [-0.2, -0.15) is 0 Å². The predicted octanol–water partition coefficient (Wildman–Crippen LogP) is 4.42. The van der Waals surface area contributed by atoms with Crippen LogP contribution in [0.3, 0.4) is 0 Å². The number of rotatable bonds is 3. The van der Waals surface area contributed by atoms with Gasteiger partial charge < -0.3 is 10.3 Å². The van der Waals surface area contributed by atoms with E-state index in [1.165, 1.54) is 0 Å². The van der Waals surface area contributed by atoms with Crippen molar-refractivity contribution in [2.24, 2.45) is 0 Å². The molecule has 0 fully saturated rings. The van der Waals surface area contributed by atoms with Crippen molar-refractivity contribution in [3.8, 4) is 0 Å². The van der Waals surface area contributed by atoms with Crippen LogP contribution < -0.4 is 5.32 Å². The molecule has 3 nitrogen and oxygen atoms in total. The largest absolute Gasteiger partial charge is 0.357 e. The van der Waals surface area contributed by atoms with Crippen molar-refractivity contribution in [2.45, 2.75) is 13.3 Å². The summed E-state index contributed by atoms with van der Waals surface area (Å²) in [5.74, 6) is -0.00910. The Balaban J connectivity index is 1.86. The van der Waals surface area contributed by atoms with E-state index in [1.807, 2.05) is 55.5 Å². The third kappa shape index (κ3) is 3.00. The Labute approximate surface area is 131 Å². The van der Waals surface area contributed by atoms with Crippen LogP contribution in [0.25, 0.3) is 10.9 Å². The van der Waals surface area contributed by atoms with E-state index in [4.69, 9.17) is 0 Å². The van der Waals surface area contributed by atoms with Crippen LogP contribution in [0.15, 0.2) is 53.0 Å². The molecule has 4 heteroatoms. The van der Waals surface area contributed by atoms with Gasteiger partial charge in [-0.3, -0.25) is 4.79 Å². The number of hydrogen-bond donors (Lipinski definition) is 2. The standard InChI is InChI=1S/C17H15BrN2O/c1-11-17(14-10-13(18)7-8-15(14)19-11)20-16(21)9-12-5-3-2-4-6-12/h2-8,10,19H,9H2,1H3,(H,20,21). The summed E-state index contributed by atoms with van der Waals surface area (Å²) in [5, 5.41) is 4.03. The molecule has 106 valence electrons. The molecule has 0 aliphatic heterocycles. The fourth-order valence-corrected chi connectivity index (χ4v) is 2.79. The maximum Gasteiger partial charge on any atom is 0.228 e. The van der Waals surface area contributed by atoms with Crippen molar-refractivity contribution in [3.05, 3.63) is 64.3 Å². The molecule has 0 radical (unpaired) electrons. The number of carbonyl (C=O) groups is 1. The molecule has 0 bridgehead atoms. The van der Waals surface area contributed by atoms with Gasteiger partial charge >= 0.3 is 0 Å². The molecule has 0 atom stereocenters. The molecular weight excluding hydrogens is 328 g/mol. The Morgan fingerprint density at radius 1 is 1.19 bits per heavy atom. The average Bonchev–Trinajstić information content (AvgIpc) is 2.76. The molecule has 3 rings (SSSR count). The quantitative estimate of drug-likeness (QED) is 0.726. The van der Waals surface area contributed by atoms with E-state index in [2.05, 4.69) is 26.2 Å². The second kappa shape index (κ2) is 5.74. The van der Waals surface area contributed by atoms with Gasteiger partial charge in [-0.1, -0.05) is 46.3 Å². The van der Waals surface area contributed by atoms with Crippen LogP contribution >= 0.6 is 15.9 Å². The van der Waals surface area contributed by atoms with E-state index in [0.717, 1.165) is 32.3 Å². The fraction of sp³-hybridized carbons (Fsp3) is 0.118. The van der Waals surface area contributed by atoms with Crippen molar-refractivity contribution >= 4 is 38.4 Å². The number of nitrogens with one attached hydrogen (secondary N) is 2. The van der Waals surface area contributed by atoms with Crippen molar-refractivity contribution in [1.82, 2.24) is 4.98 Å². The molecule has 21 heavy (non-hydrogen) atoms.